The van der Waals surface area contributed by atoms with E-state index in [-0.39, 0.29) is 31.8 Å². The van der Waals surface area contributed by atoms with E-state index in [0.29, 0.717) is 6.42 Å². The molecular formula is C18H31N2O10P2+. The van der Waals surface area contributed by atoms with Crippen LogP contribution in [0.5, 0.6) is 0 Å². The van der Waals surface area contributed by atoms with Crippen molar-refractivity contribution in [2.24, 2.45) is 0 Å². The number of rotatable bonds is 14. The largest absolute Gasteiger partial charge is 0.697 e. The van der Waals surface area contributed by atoms with E-state index in [1.807, 2.05) is 13.8 Å². The normalized spacial score (nSPS) is 23.2. The zero-order valence-corrected chi connectivity index (χ0v) is 20.2. The molecule has 0 saturated carbocycles. The highest BCUT2D eigenvalue weighted by atomic mass is 31.2. The fourth-order valence-electron chi connectivity index (χ4n) is 2.91. The summed E-state index contributed by atoms with van der Waals surface area (Å²) >= 11 is 0. The maximum atomic E-state index is 12.3. The summed E-state index contributed by atoms with van der Waals surface area (Å²) in [5.41, 5.74) is -0.942. The molecule has 1 saturated heterocycles. The Morgan fingerprint density at radius 2 is 1.94 bits per heavy atom. The first-order chi connectivity index (χ1) is 15.2. The number of unbranched alkanes of at least 4 members (excludes halogenated alkanes) is 2. The third kappa shape index (κ3) is 8.28. The number of ether oxygens (including phenoxy) is 1. The number of H-pyrrole nitrogens is 1. The molecule has 0 spiro atoms. The van der Waals surface area contributed by atoms with Crippen molar-refractivity contribution in [3.8, 4) is 0 Å². The second-order valence-electron chi connectivity index (χ2n) is 7.35. The van der Waals surface area contributed by atoms with Gasteiger partial charge in [0.15, 0.2) is 0 Å². The molecule has 1 aromatic rings. The predicted octanol–water partition coefficient (Wildman–Crippen LogP) is 2.93. The van der Waals surface area contributed by atoms with Crippen LogP contribution in [0.3, 0.4) is 0 Å². The minimum absolute atomic E-state index is 0.00538. The van der Waals surface area contributed by atoms with Gasteiger partial charge in [0.1, 0.15) is 31.6 Å². The van der Waals surface area contributed by atoms with Gasteiger partial charge in [0.05, 0.1) is 6.61 Å². The number of aryl methyl sites for hydroxylation is 1. The average Bonchev–Trinajstić information content (AvgIpc) is 3.11. The number of phosphoric acid groups is 1. The van der Waals surface area contributed by atoms with Crippen LogP contribution in [-0.4, -0.2) is 46.5 Å². The zero-order chi connectivity index (χ0) is 23.7. The van der Waals surface area contributed by atoms with Crippen molar-refractivity contribution < 1.29 is 36.9 Å². The van der Waals surface area contributed by atoms with Crippen LogP contribution in [0.25, 0.3) is 0 Å². The van der Waals surface area contributed by atoms with Gasteiger partial charge in [-0.05, 0) is 19.8 Å². The topological polar surface area (TPSA) is 155 Å². The van der Waals surface area contributed by atoms with E-state index in [1.54, 1.807) is 0 Å². The molecule has 0 amide bonds. The smallest absolute Gasteiger partial charge is 0.349 e. The van der Waals surface area contributed by atoms with E-state index in [2.05, 4.69) is 4.98 Å². The van der Waals surface area contributed by atoms with Gasteiger partial charge in [0, 0.05) is 22.7 Å². The van der Waals surface area contributed by atoms with Crippen molar-refractivity contribution in [2.75, 3.05) is 19.8 Å². The van der Waals surface area contributed by atoms with Crippen LogP contribution in [0.2, 0.25) is 0 Å². The van der Waals surface area contributed by atoms with Crippen molar-refractivity contribution in [2.45, 2.75) is 71.3 Å². The van der Waals surface area contributed by atoms with Crippen LogP contribution < -0.4 is 11.2 Å². The van der Waals surface area contributed by atoms with Gasteiger partial charge in [-0.25, -0.2) is 9.36 Å². The molecule has 14 heteroatoms. The summed E-state index contributed by atoms with van der Waals surface area (Å²) in [4.78, 5) is 36.1. The lowest BCUT2D eigenvalue weighted by atomic mass is 10.2. The van der Waals surface area contributed by atoms with Crippen molar-refractivity contribution in [3.63, 3.8) is 0 Å². The molecule has 2 rings (SSSR count). The summed E-state index contributed by atoms with van der Waals surface area (Å²) in [5.74, 6) is 0. The molecule has 1 aliphatic heterocycles. The molecule has 2 N–H and O–H groups in total. The summed E-state index contributed by atoms with van der Waals surface area (Å²) in [6.07, 6.45) is 1.39. The van der Waals surface area contributed by atoms with E-state index in [9.17, 15) is 23.6 Å². The molecule has 5 atom stereocenters. The van der Waals surface area contributed by atoms with Crippen molar-refractivity contribution in [1.29, 1.82) is 0 Å². The Balaban J connectivity index is 2.12. The first-order valence-corrected chi connectivity index (χ1v) is 13.1. The van der Waals surface area contributed by atoms with Crippen LogP contribution in [-0.2, 0) is 32.0 Å². The first-order valence-electron chi connectivity index (χ1n) is 10.5. The van der Waals surface area contributed by atoms with Crippen LogP contribution in [0.15, 0.2) is 15.8 Å². The third-order valence-corrected chi connectivity index (χ3v) is 6.50. The molecule has 1 fully saturated rings. The lowest BCUT2D eigenvalue weighted by Gasteiger charge is -2.19. The van der Waals surface area contributed by atoms with Crippen LogP contribution >= 0.6 is 16.1 Å². The van der Waals surface area contributed by atoms with Gasteiger partial charge in [0.25, 0.3) is 5.56 Å². The molecule has 1 aliphatic rings. The number of nitrogens with one attached hydrogen (secondary N) is 1. The van der Waals surface area contributed by atoms with E-state index >= 15 is 0 Å². The van der Waals surface area contributed by atoms with Crippen LogP contribution in [0.1, 0.15) is 57.7 Å². The zero-order valence-electron chi connectivity index (χ0n) is 18.4. The molecule has 0 bridgehead atoms. The predicted molar refractivity (Wildman–Crippen MR) is 115 cm³/mol. The Morgan fingerprint density at radius 1 is 1.25 bits per heavy atom. The molecule has 0 aliphatic carbocycles. The number of phosphoric ester groups is 1. The highest BCUT2D eigenvalue weighted by Crippen LogP contribution is 2.48. The summed E-state index contributed by atoms with van der Waals surface area (Å²) in [6.45, 7) is 5.43. The SMILES string of the molecule is CCCCO[P+](=O)OC[C@H]1OC(n2cc(C)c(=O)[nH]c2=O)C[C@@H]1OP(=O)(O)OCCCC. The molecule has 1 aromatic heterocycles. The van der Waals surface area contributed by atoms with E-state index in [0.717, 1.165) is 23.8 Å². The maximum absolute atomic E-state index is 12.3. The molecule has 12 nitrogen and oxygen atoms in total. The first kappa shape index (κ1) is 27.0. The second kappa shape index (κ2) is 12.9. The lowest BCUT2D eigenvalue weighted by molar-refractivity contribution is -0.0426. The highest BCUT2D eigenvalue weighted by molar-refractivity contribution is 7.47. The van der Waals surface area contributed by atoms with Gasteiger partial charge >= 0.3 is 21.8 Å². The summed E-state index contributed by atoms with van der Waals surface area (Å²) in [5, 5.41) is 0. The van der Waals surface area contributed by atoms with Crippen LogP contribution in [0.4, 0.5) is 0 Å². The minimum atomic E-state index is -4.41. The number of nitrogens with zero attached hydrogens (tertiary/aromatic N) is 1. The van der Waals surface area contributed by atoms with E-state index < -0.39 is 45.8 Å². The summed E-state index contributed by atoms with van der Waals surface area (Å²) in [7, 11) is -6.83. The molecule has 32 heavy (non-hydrogen) atoms. The number of aromatic nitrogens is 2. The second-order valence-corrected chi connectivity index (χ2v) is 9.72. The summed E-state index contributed by atoms with van der Waals surface area (Å²) < 4.78 is 51.7. The summed E-state index contributed by atoms with van der Waals surface area (Å²) in [6, 6.07) is 0. The van der Waals surface area contributed by atoms with Crippen molar-refractivity contribution in [1.82, 2.24) is 9.55 Å². The Hall–Kier alpha value is -1.23. The molecule has 182 valence electrons. The monoisotopic (exact) mass is 497 g/mol. The molecule has 0 radical (unpaired) electrons. The highest BCUT2D eigenvalue weighted by Gasteiger charge is 2.43. The number of hydrogen-bond acceptors (Lipinski definition) is 9. The standard InChI is InChI=1S/C18H30N2O10P2/c1-4-6-8-26-31(23)27-12-15-14(30-32(24,25)28-9-7-5-2)10-16(29-15)20-11-13(3)17(21)19-18(20)22/h11,14-16H,4-10,12H2,1-3H3,(H-,19,21,22,24,25)/p+1/t14-,15+,16?/m0/s1. The molecule has 0 aromatic carbocycles. The fraction of sp³-hybridized carbons (Fsp3) is 0.778. The van der Waals surface area contributed by atoms with Gasteiger partial charge in [-0.1, -0.05) is 26.7 Å². The Morgan fingerprint density at radius 3 is 2.62 bits per heavy atom. The molecule has 3 unspecified atom stereocenters. The van der Waals surface area contributed by atoms with E-state index in [4.69, 9.17) is 22.8 Å². The molecular weight excluding hydrogens is 466 g/mol. The van der Waals surface area contributed by atoms with Gasteiger partial charge < -0.3 is 9.63 Å². The fourth-order valence-corrected chi connectivity index (χ4v) is 4.52. The minimum Gasteiger partial charge on any atom is -0.349 e. The number of hydrogen-bond donors (Lipinski definition) is 2. The van der Waals surface area contributed by atoms with Gasteiger partial charge in [-0.3, -0.25) is 23.4 Å². The maximum Gasteiger partial charge on any atom is 0.697 e. The molecule has 2 heterocycles. The lowest BCUT2D eigenvalue weighted by Crippen LogP contribution is -2.33. The van der Waals surface area contributed by atoms with Crippen molar-refractivity contribution >= 4 is 16.1 Å². The Kier molecular flexibility index (Phi) is 10.9. The Bertz CT molecular complexity index is 918. The Labute approximate surface area is 186 Å². The number of aromatic amines is 1. The third-order valence-electron chi connectivity index (χ3n) is 4.70. The average molecular weight is 497 g/mol. The quantitative estimate of drug-likeness (QED) is 0.289. The van der Waals surface area contributed by atoms with Gasteiger partial charge in [0.2, 0.25) is 0 Å². The van der Waals surface area contributed by atoms with Gasteiger partial charge in [-0.2, -0.15) is 0 Å². The van der Waals surface area contributed by atoms with Crippen molar-refractivity contribution in [3.05, 3.63) is 32.6 Å². The van der Waals surface area contributed by atoms with Gasteiger partial charge in [-0.15, -0.1) is 9.05 Å². The van der Waals surface area contributed by atoms with Crippen LogP contribution in [0, 0.1) is 6.92 Å². The van der Waals surface area contributed by atoms with E-state index in [1.165, 1.54) is 13.1 Å².